The standard InChI is InChI=1S/C38H29N5O3S/c1-24-34(36(44)41-29-10-4-3-5-11-29)35(27-9-8-12-30(19-27)46-2)43-37(45)33(47-38(43)40-24)20-28-23-42(32-14-7-6-13-31(28)32)22-26-17-15-25(21-39)16-18-26/h3-20,23,35H,22H2,1-2H3,(H,41,44)/b33-20-/t35-/m1/s1. The molecule has 230 valence electrons. The maximum Gasteiger partial charge on any atom is 0.271 e. The van der Waals surface area contributed by atoms with E-state index in [2.05, 4.69) is 22.0 Å². The average molecular weight is 636 g/mol. The summed E-state index contributed by atoms with van der Waals surface area (Å²) in [6.45, 7) is 2.41. The van der Waals surface area contributed by atoms with Crippen LogP contribution in [0.1, 0.15) is 35.2 Å². The van der Waals surface area contributed by atoms with Gasteiger partial charge in [-0.3, -0.25) is 14.2 Å². The first-order valence-corrected chi connectivity index (χ1v) is 15.8. The molecule has 6 aromatic rings. The Morgan fingerprint density at radius 1 is 1.02 bits per heavy atom. The van der Waals surface area contributed by atoms with Gasteiger partial charge in [-0.25, -0.2) is 4.99 Å². The fourth-order valence-electron chi connectivity index (χ4n) is 6.00. The predicted molar refractivity (Wildman–Crippen MR) is 184 cm³/mol. The molecule has 0 bridgehead atoms. The lowest BCUT2D eigenvalue weighted by Crippen LogP contribution is -2.40. The zero-order chi connectivity index (χ0) is 32.5. The van der Waals surface area contributed by atoms with Crippen LogP contribution in [0.25, 0.3) is 17.0 Å². The van der Waals surface area contributed by atoms with Gasteiger partial charge in [0.05, 0.1) is 40.6 Å². The Morgan fingerprint density at radius 2 is 1.79 bits per heavy atom. The molecule has 2 aromatic heterocycles. The molecule has 3 heterocycles. The topological polar surface area (TPSA) is 101 Å². The number of hydrogen-bond acceptors (Lipinski definition) is 6. The summed E-state index contributed by atoms with van der Waals surface area (Å²) in [5.41, 5.74) is 5.69. The van der Waals surface area contributed by atoms with E-state index in [0.717, 1.165) is 27.6 Å². The van der Waals surface area contributed by atoms with Crippen molar-refractivity contribution in [3.05, 3.63) is 163 Å². The van der Waals surface area contributed by atoms with Crippen LogP contribution >= 0.6 is 11.3 Å². The van der Waals surface area contributed by atoms with E-state index in [0.29, 0.717) is 44.1 Å². The fourth-order valence-corrected chi connectivity index (χ4v) is 7.04. The van der Waals surface area contributed by atoms with E-state index >= 15 is 0 Å². The van der Waals surface area contributed by atoms with Gasteiger partial charge in [-0.05, 0) is 66.6 Å². The number of nitrogens with one attached hydrogen (secondary N) is 1. The summed E-state index contributed by atoms with van der Waals surface area (Å²) >= 11 is 1.30. The monoisotopic (exact) mass is 635 g/mol. The van der Waals surface area contributed by atoms with Crippen molar-refractivity contribution in [3.8, 4) is 11.8 Å². The highest BCUT2D eigenvalue weighted by molar-refractivity contribution is 7.07. The normalized spacial score (nSPS) is 14.4. The molecule has 47 heavy (non-hydrogen) atoms. The van der Waals surface area contributed by atoms with Crippen LogP contribution in [0.2, 0.25) is 0 Å². The zero-order valence-corrected chi connectivity index (χ0v) is 26.5. The molecule has 0 saturated carbocycles. The Bertz CT molecular complexity index is 2410. The van der Waals surface area contributed by atoms with Crippen LogP contribution in [0.4, 0.5) is 5.69 Å². The van der Waals surface area contributed by atoms with Crippen LogP contribution in [0.5, 0.6) is 5.75 Å². The van der Waals surface area contributed by atoms with Crippen LogP contribution in [0, 0.1) is 11.3 Å². The van der Waals surface area contributed by atoms with Crippen molar-refractivity contribution in [1.29, 1.82) is 5.26 Å². The summed E-state index contributed by atoms with van der Waals surface area (Å²) in [5, 5.41) is 13.2. The van der Waals surface area contributed by atoms with Crippen molar-refractivity contribution in [2.45, 2.75) is 19.5 Å². The van der Waals surface area contributed by atoms with E-state index < -0.39 is 6.04 Å². The number of benzene rings is 4. The zero-order valence-electron chi connectivity index (χ0n) is 25.7. The molecule has 7 rings (SSSR count). The molecular weight excluding hydrogens is 607 g/mol. The van der Waals surface area contributed by atoms with Crippen LogP contribution in [0.3, 0.4) is 0 Å². The smallest absolute Gasteiger partial charge is 0.271 e. The molecule has 9 heteroatoms. The van der Waals surface area contributed by atoms with E-state index in [1.54, 1.807) is 18.6 Å². The minimum atomic E-state index is -0.718. The highest BCUT2D eigenvalue weighted by Crippen LogP contribution is 2.32. The molecule has 1 aliphatic heterocycles. The van der Waals surface area contributed by atoms with Crippen LogP contribution in [-0.2, 0) is 11.3 Å². The molecule has 0 radical (unpaired) electrons. The Balaban J connectivity index is 1.35. The highest BCUT2D eigenvalue weighted by Gasteiger charge is 2.33. The van der Waals surface area contributed by atoms with Gasteiger partial charge in [0.25, 0.3) is 11.5 Å². The number of aromatic nitrogens is 2. The van der Waals surface area contributed by atoms with Crippen molar-refractivity contribution in [3.63, 3.8) is 0 Å². The van der Waals surface area contributed by atoms with E-state index in [9.17, 15) is 14.9 Å². The summed E-state index contributed by atoms with van der Waals surface area (Å²) < 4.78 is 9.79. The molecule has 0 unspecified atom stereocenters. The number of nitriles is 1. The van der Waals surface area contributed by atoms with Crippen LogP contribution in [-0.4, -0.2) is 22.2 Å². The Hall–Kier alpha value is -5.98. The second-order valence-electron chi connectivity index (χ2n) is 11.2. The first-order chi connectivity index (χ1) is 22.9. The van der Waals surface area contributed by atoms with Crippen molar-refractivity contribution >= 4 is 39.9 Å². The molecule has 1 amide bonds. The van der Waals surface area contributed by atoms with E-state index in [1.807, 2.05) is 109 Å². The van der Waals surface area contributed by atoms with Gasteiger partial charge < -0.3 is 14.6 Å². The number of methoxy groups -OCH3 is 1. The van der Waals surface area contributed by atoms with Crippen molar-refractivity contribution < 1.29 is 9.53 Å². The number of allylic oxidation sites excluding steroid dienone is 1. The van der Waals surface area contributed by atoms with Crippen molar-refractivity contribution in [2.75, 3.05) is 12.4 Å². The van der Waals surface area contributed by atoms with Gasteiger partial charge in [0.15, 0.2) is 4.80 Å². The lowest BCUT2D eigenvalue weighted by Gasteiger charge is -2.25. The van der Waals surface area contributed by atoms with Gasteiger partial charge in [0, 0.05) is 34.9 Å². The van der Waals surface area contributed by atoms with Gasteiger partial charge in [0.1, 0.15) is 5.75 Å². The van der Waals surface area contributed by atoms with Crippen LogP contribution < -0.4 is 24.9 Å². The Morgan fingerprint density at radius 3 is 2.55 bits per heavy atom. The predicted octanol–water partition coefficient (Wildman–Crippen LogP) is 5.76. The molecule has 1 N–H and O–H groups in total. The molecule has 1 atom stereocenters. The number of ether oxygens (including phenoxy) is 1. The van der Waals surface area contributed by atoms with Crippen LogP contribution in [0.15, 0.2) is 130 Å². The molecule has 0 saturated heterocycles. The number of hydrogen-bond donors (Lipinski definition) is 1. The summed E-state index contributed by atoms with van der Waals surface area (Å²) in [5.74, 6) is 0.294. The average Bonchev–Trinajstić information content (AvgIpc) is 3.60. The Labute approximate surface area is 274 Å². The van der Waals surface area contributed by atoms with Gasteiger partial charge in [-0.15, -0.1) is 0 Å². The quantitative estimate of drug-likeness (QED) is 0.241. The largest absolute Gasteiger partial charge is 0.497 e. The lowest BCUT2D eigenvalue weighted by atomic mass is 9.95. The minimum Gasteiger partial charge on any atom is -0.497 e. The summed E-state index contributed by atoms with van der Waals surface area (Å²) in [4.78, 5) is 33.5. The minimum absolute atomic E-state index is 0.233. The van der Waals surface area contributed by atoms with Gasteiger partial charge in [-0.2, -0.15) is 5.26 Å². The number of rotatable bonds is 7. The summed E-state index contributed by atoms with van der Waals surface area (Å²) in [6.07, 6.45) is 3.96. The Kier molecular flexibility index (Phi) is 7.86. The third-order valence-electron chi connectivity index (χ3n) is 8.25. The molecule has 1 aliphatic rings. The molecule has 4 aromatic carbocycles. The lowest BCUT2D eigenvalue weighted by molar-refractivity contribution is -0.113. The van der Waals surface area contributed by atoms with Gasteiger partial charge in [-0.1, -0.05) is 72.0 Å². The second kappa shape index (κ2) is 12.4. The third kappa shape index (κ3) is 5.67. The summed E-state index contributed by atoms with van der Waals surface area (Å²) in [7, 11) is 1.59. The van der Waals surface area contributed by atoms with E-state index in [4.69, 9.17) is 9.73 Å². The number of fused-ring (bicyclic) bond motifs is 2. The molecule has 0 fully saturated rings. The molecule has 0 aliphatic carbocycles. The van der Waals surface area contributed by atoms with Crippen molar-refractivity contribution in [1.82, 2.24) is 9.13 Å². The summed E-state index contributed by atoms with van der Waals surface area (Å²) in [6, 6.07) is 33.7. The number of nitrogens with zero attached hydrogens (tertiary/aromatic N) is 4. The van der Waals surface area contributed by atoms with E-state index in [-0.39, 0.29) is 11.5 Å². The number of anilines is 1. The first kappa shape index (κ1) is 29.7. The third-order valence-corrected chi connectivity index (χ3v) is 9.23. The molecule has 8 nitrogen and oxygen atoms in total. The maximum absolute atomic E-state index is 14.3. The number of thiazole rings is 1. The number of amides is 1. The maximum atomic E-state index is 14.3. The SMILES string of the molecule is COc1cccc([C@@H]2C(C(=O)Nc3ccccc3)=C(C)N=c3s/c(=C\c4cn(Cc5ccc(C#N)cc5)c5ccccc45)c(=O)n32)c1. The first-order valence-electron chi connectivity index (χ1n) is 15.0. The highest BCUT2D eigenvalue weighted by atomic mass is 32.1. The molecule has 0 spiro atoms. The van der Waals surface area contributed by atoms with Crippen molar-refractivity contribution in [2.24, 2.45) is 4.99 Å². The molecular formula is C38H29N5O3S. The van der Waals surface area contributed by atoms with Gasteiger partial charge in [0.2, 0.25) is 0 Å². The second-order valence-corrected chi connectivity index (χ2v) is 12.2. The number of para-hydroxylation sites is 2. The number of carbonyl (C=O) groups excluding carboxylic acids is 1. The number of carbonyl (C=O) groups is 1. The fraction of sp³-hybridized carbons (Fsp3) is 0.105. The van der Waals surface area contributed by atoms with E-state index in [1.165, 1.54) is 11.3 Å². The van der Waals surface area contributed by atoms with Gasteiger partial charge >= 0.3 is 0 Å².